The number of hydrogen-bond donors (Lipinski definition) is 3. The quantitative estimate of drug-likeness (QED) is 0.0417. The summed E-state index contributed by atoms with van der Waals surface area (Å²) in [5.74, 6) is -0.000431. The second kappa shape index (κ2) is 70.3. The van der Waals surface area contributed by atoms with Crippen molar-refractivity contribution < 1.29 is 24.5 Å². The highest BCUT2D eigenvalue weighted by Crippen LogP contribution is 2.20. The van der Waals surface area contributed by atoms with Gasteiger partial charge in [-0.25, -0.2) is 0 Å². The van der Waals surface area contributed by atoms with E-state index in [1.807, 2.05) is 0 Å². The molecule has 0 saturated carbocycles. The van der Waals surface area contributed by atoms with Crippen LogP contribution in [0.5, 0.6) is 0 Å². The number of nitrogens with one attached hydrogen (secondary N) is 1. The summed E-state index contributed by atoms with van der Waals surface area (Å²) < 4.78 is 5.51. The first-order valence-electron chi connectivity index (χ1n) is 37.3. The standard InChI is InChI=1S/C74H147NO5/c1-3-5-7-9-11-13-15-17-19-40-44-48-52-56-60-64-68-74(79)80-69-65-61-57-53-49-45-41-37-35-33-31-29-27-25-23-21-20-22-24-26-28-30-32-34-36-39-43-47-51-55-59-63-67-73(78)75-71(70-76)72(77)66-62-58-54-50-46-42-38-18-16-14-12-10-8-6-4-2/h71-72,76-77H,3-70H2,1-2H3,(H,75,78). The first-order chi connectivity index (χ1) is 39.5. The van der Waals surface area contributed by atoms with Crippen LogP contribution in [-0.2, 0) is 14.3 Å². The van der Waals surface area contributed by atoms with E-state index >= 15 is 0 Å². The van der Waals surface area contributed by atoms with Gasteiger partial charge in [-0.2, -0.15) is 0 Å². The Labute approximate surface area is 502 Å². The molecular weight excluding hydrogens is 983 g/mol. The van der Waals surface area contributed by atoms with Crippen molar-refractivity contribution in [3.8, 4) is 0 Å². The SMILES string of the molecule is CCCCCCCCCCCCCCCCCCC(=O)OCCCCCCCCCCCCCCCCCCCCCCCCCCCCCCCCCCC(=O)NC(CO)C(O)CCCCCCCCCCCCCCCCC. The molecule has 0 aromatic heterocycles. The van der Waals surface area contributed by atoms with Gasteiger partial charge in [-0.3, -0.25) is 9.59 Å². The van der Waals surface area contributed by atoms with Crippen LogP contribution in [-0.4, -0.2) is 47.4 Å². The molecule has 0 heterocycles. The Morgan fingerprint density at radius 1 is 0.300 bits per heavy atom. The molecule has 0 spiro atoms. The highest BCUT2D eigenvalue weighted by Gasteiger charge is 2.20. The molecule has 0 fully saturated rings. The van der Waals surface area contributed by atoms with E-state index in [4.69, 9.17) is 4.74 Å². The molecule has 0 aliphatic rings. The zero-order chi connectivity index (χ0) is 57.8. The number of aliphatic hydroxyl groups is 2. The van der Waals surface area contributed by atoms with Crippen LogP contribution >= 0.6 is 0 Å². The van der Waals surface area contributed by atoms with Gasteiger partial charge >= 0.3 is 5.97 Å². The lowest BCUT2D eigenvalue weighted by atomic mass is 10.0. The molecule has 0 aliphatic carbocycles. The molecule has 6 nitrogen and oxygen atoms in total. The zero-order valence-electron chi connectivity index (χ0n) is 54.9. The second-order valence-corrected chi connectivity index (χ2v) is 26.0. The molecule has 1 amide bonds. The van der Waals surface area contributed by atoms with E-state index in [9.17, 15) is 19.8 Å². The van der Waals surface area contributed by atoms with Crippen LogP contribution in [0.15, 0.2) is 0 Å². The Kier molecular flexibility index (Phi) is 69.3. The maximum absolute atomic E-state index is 12.5. The molecule has 0 radical (unpaired) electrons. The Hall–Kier alpha value is -1.14. The lowest BCUT2D eigenvalue weighted by molar-refractivity contribution is -0.143. The molecule has 2 unspecified atom stereocenters. The summed E-state index contributed by atoms with van der Waals surface area (Å²) in [5.41, 5.74) is 0. The number of rotatable bonds is 71. The van der Waals surface area contributed by atoms with E-state index in [2.05, 4.69) is 19.2 Å². The van der Waals surface area contributed by atoms with Gasteiger partial charge in [0.1, 0.15) is 0 Å². The van der Waals surface area contributed by atoms with Gasteiger partial charge in [-0.1, -0.05) is 399 Å². The Morgan fingerprint density at radius 3 is 0.762 bits per heavy atom. The molecule has 0 aliphatic heterocycles. The summed E-state index contributed by atoms with van der Waals surface area (Å²) in [5, 5.41) is 23.3. The first-order valence-corrected chi connectivity index (χ1v) is 37.3. The average molecular weight is 1130 g/mol. The van der Waals surface area contributed by atoms with Gasteiger partial charge in [-0.15, -0.1) is 0 Å². The lowest BCUT2D eigenvalue weighted by Gasteiger charge is -2.22. The fourth-order valence-electron chi connectivity index (χ4n) is 12.2. The van der Waals surface area contributed by atoms with Gasteiger partial charge in [0.15, 0.2) is 0 Å². The van der Waals surface area contributed by atoms with E-state index in [1.54, 1.807) is 0 Å². The number of unbranched alkanes of at least 4 members (excludes halogenated alkanes) is 60. The highest BCUT2D eigenvalue weighted by molar-refractivity contribution is 5.76. The fraction of sp³-hybridized carbons (Fsp3) is 0.973. The normalized spacial score (nSPS) is 12.4. The van der Waals surface area contributed by atoms with E-state index < -0.39 is 12.1 Å². The number of amides is 1. The second-order valence-electron chi connectivity index (χ2n) is 26.0. The predicted octanol–water partition coefficient (Wildman–Crippen LogP) is 24.2. The van der Waals surface area contributed by atoms with Crippen molar-refractivity contribution in [3.63, 3.8) is 0 Å². The molecule has 2 atom stereocenters. The molecule has 3 N–H and O–H groups in total. The molecular formula is C74H147NO5. The minimum absolute atomic E-state index is 0.0260. The molecule has 0 saturated heterocycles. The lowest BCUT2D eigenvalue weighted by Crippen LogP contribution is -2.45. The maximum atomic E-state index is 12.5. The van der Waals surface area contributed by atoms with Gasteiger partial charge in [0.05, 0.1) is 25.4 Å². The smallest absolute Gasteiger partial charge is 0.305 e. The molecule has 6 heteroatoms. The molecule has 0 bridgehead atoms. The third-order valence-electron chi connectivity index (χ3n) is 17.9. The number of carbonyl (C=O) groups excluding carboxylic acids is 2. The van der Waals surface area contributed by atoms with Gasteiger partial charge in [0.25, 0.3) is 0 Å². The maximum Gasteiger partial charge on any atom is 0.305 e. The number of aliphatic hydroxyl groups excluding tert-OH is 2. The zero-order valence-corrected chi connectivity index (χ0v) is 54.9. The monoisotopic (exact) mass is 1130 g/mol. The minimum Gasteiger partial charge on any atom is -0.466 e. The number of hydrogen-bond acceptors (Lipinski definition) is 5. The third-order valence-corrected chi connectivity index (χ3v) is 17.9. The predicted molar refractivity (Wildman–Crippen MR) is 352 cm³/mol. The van der Waals surface area contributed by atoms with Crippen molar-refractivity contribution in [1.82, 2.24) is 5.32 Å². The summed E-state index contributed by atoms with van der Waals surface area (Å²) in [6.45, 7) is 5.01. The topological polar surface area (TPSA) is 95.9 Å². The largest absolute Gasteiger partial charge is 0.466 e. The molecule has 80 heavy (non-hydrogen) atoms. The Morgan fingerprint density at radius 2 is 0.512 bits per heavy atom. The summed E-state index contributed by atoms with van der Waals surface area (Å²) in [7, 11) is 0. The summed E-state index contributed by atoms with van der Waals surface area (Å²) >= 11 is 0. The van der Waals surface area contributed by atoms with E-state index in [1.165, 1.54) is 366 Å². The van der Waals surface area contributed by atoms with Crippen LogP contribution in [0.1, 0.15) is 438 Å². The summed E-state index contributed by atoms with van der Waals surface area (Å²) in [4.78, 5) is 24.6. The number of ether oxygens (including phenoxy) is 1. The van der Waals surface area contributed by atoms with Gasteiger partial charge in [0.2, 0.25) is 5.91 Å². The van der Waals surface area contributed by atoms with Crippen LogP contribution in [0.3, 0.4) is 0 Å². The van der Waals surface area contributed by atoms with Crippen molar-refractivity contribution in [2.24, 2.45) is 0 Å². The van der Waals surface area contributed by atoms with Crippen molar-refractivity contribution in [1.29, 1.82) is 0 Å². The molecule has 478 valence electrons. The van der Waals surface area contributed by atoms with E-state index in [0.29, 0.717) is 25.9 Å². The first kappa shape index (κ1) is 78.9. The Balaban J connectivity index is 3.29. The van der Waals surface area contributed by atoms with Crippen molar-refractivity contribution >= 4 is 11.9 Å². The molecule has 0 aromatic carbocycles. The highest BCUT2D eigenvalue weighted by atomic mass is 16.5. The van der Waals surface area contributed by atoms with Crippen LogP contribution < -0.4 is 5.32 Å². The minimum atomic E-state index is -0.660. The summed E-state index contributed by atoms with van der Waals surface area (Å²) in [6.07, 6.45) is 86.1. The van der Waals surface area contributed by atoms with Gasteiger partial charge in [-0.05, 0) is 25.7 Å². The molecule has 0 aromatic rings. The average Bonchev–Trinajstić information content (AvgIpc) is 3.46. The van der Waals surface area contributed by atoms with Crippen LogP contribution in [0.4, 0.5) is 0 Å². The van der Waals surface area contributed by atoms with Crippen molar-refractivity contribution in [2.75, 3.05) is 13.2 Å². The van der Waals surface area contributed by atoms with Crippen molar-refractivity contribution in [2.45, 2.75) is 450 Å². The summed E-state index contributed by atoms with van der Waals surface area (Å²) in [6, 6.07) is -0.536. The third kappa shape index (κ3) is 66.0. The molecule has 0 rings (SSSR count). The van der Waals surface area contributed by atoms with Gasteiger partial charge in [0, 0.05) is 12.8 Å². The van der Waals surface area contributed by atoms with Crippen molar-refractivity contribution in [3.05, 3.63) is 0 Å². The van der Waals surface area contributed by atoms with Gasteiger partial charge < -0.3 is 20.3 Å². The van der Waals surface area contributed by atoms with E-state index in [0.717, 1.165) is 38.5 Å². The van der Waals surface area contributed by atoms with Crippen LogP contribution in [0, 0.1) is 0 Å². The number of esters is 1. The number of carbonyl (C=O) groups is 2. The fourth-order valence-corrected chi connectivity index (χ4v) is 12.2. The van der Waals surface area contributed by atoms with E-state index in [-0.39, 0.29) is 18.5 Å². The Bertz CT molecular complexity index is 1160. The van der Waals surface area contributed by atoms with Crippen LogP contribution in [0.2, 0.25) is 0 Å². The van der Waals surface area contributed by atoms with Crippen LogP contribution in [0.25, 0.3) is 0 Å².